The summed E-state index contributed by atoms with van der Waals surface area (Å²) in [4.78, 5) is 44.8. The molecule has 1 N–H and O–H groups in total. The van der Waals surface area contributed by atoms with E-state index in [1.165, 1.54) is 4.90 Å². The second-order valence-electron chi connectivity index (χ2n) is 10.3. The van der Waals surface area contributed by atoms with Crippen LogP contribution in [0.1, 0.15) is 39.2 Å². The minimum Gasteiger partial charge on any atom is -0.466 e. The average Bonchev–Trinajstić information content (AvgIpc) is 3.48. The topological polar surface area (TPSA) is 96.4 Å². The van der Waals surface area contributed by atoms with Crippen LogP contribution in [0.3, 0.4) is 0 Å². The molecule has 4 rings (SSSR count). The number of carbonyl (C=O) groups excluding carboxylic acids is 3. The first-order valence-corrected chi connectivity index (χ1v) is 14.0. The van der Waals surface area contributed by atoms with E-state index < -0.39 is 41.6 Å². The molecule has 3 heterocycles. The van der Waals surface area contributed by atoms with Crippen LogP contribution in [0.15, 0.2) is 43.0 Å². The highest BCUT2D eigenvalue weighted by molar-refractivity contribution is 9.09. The van der Waals surface area contributed by atoms with Gasteiger partial charge >= 0.3 is 5.97 Å². The maximum Gasteiger partial charge on any atom is 0.312 e. The number of likely N-dealkylation sites (tertiary alicyclic amines) is 1. The molecular formula is C28H37BrN2O6. The van der Waals surface area contributed by atoms with Crippen LogP contribution in [-0.2, 0) is 30.4 Å². The molecule has 1 aromatic carbocycles. The van der Waals surface area contributed by atoms with Gasteiger partial charge in [0.2, 0.25) is 11.8 Å². The SMILES string of the molecule is C=CCN(Cc1ccccc1)C(=O)[C@H]1N([C@@H](CO)[C@@H](C)CC)C(=O)[C@@H]2[C@@H](C(=O)OCC)[C@@H]3O[C@@]21CC3Br. The first-order valence-electron chi connectivity index (χ1n) is 13.1. The van der Waals surface area contributed by atoms with E-state index in [2.05, 4.69) is 22.5 Å². The molecule has 2 amide bonds. The number of alkyl halides is 1. The van der Waals surface area contributed by atoms with E-state index in [-0.39, 0.29) is 42.3 Å². The van der Waals surface area contributed by atoms with Crippen LogP contribution in [0.2, 0.25) is 0 Å². The maximum absolute atomic E-state index is 14.5. The fourth-order valence-corrected chi connectivity index (χ4v) is 7.33. The number of nitrogens with zero attached hydrogens (tertiary/aromatic N) is 2. The van der Waals surface area contributed by atoms with Crippen molar-refractivity contribution >= 4 is 33.7 Å². The molecule has 3 fully saturated rings. The number of fused-ring (bicyclic) bond motifs is 1. The van der Waals surface area contributed by atoms with Crippen molar-refractivity contribution in [3.05, 3.63) is 48.6 Å². The number of amides is 2. The van der Waals surface area contributed by atoms with Crippen molar-refractivity contribution in [2.24, 2.45) is 17.8 Å². The number of hydrogen-bond acceptors (Lipinski definition) is 6. The summed E-state index contributed by atoms with van der Waals surface area (Å²) in [6.45, 7) is 10.0. The Bertz CT molecular complexity index is 1020. The monoisotopic (exact) mass is 576 g/mol. The highest BCUT2D eigenvalue weighted by atomic mass is 79.9. The zero-order valence-electron chi connectivity index (χ0n) is 21.7. The lowest BCUT2D eigenvalue weighted by Crippen LogP contribution is -2.59. The second-order valence-corrected chi connectivity index (χ2v) is 11.5. The smallest absolute Gasteiger partial charge is 0.312 e. The fourth-order valence-electron chi connectivity index (χ4n) is 6.39. The second kappa shape index (κ2) is 11.3. The lowest BCUT2D eigenvalue weighted by Gasteiger charge is -2.41. The lowest BCUT2D eigenvalue weighted by atomic mass is 9.70. The van der Waals surface area contributed by atoms with Gasteiger partial charge in [0.05, 0.1) is 37.2 Å². The van der Waals surface area contributed by atoms with Crippen LogP contribution in [0.5, 0.6) is 0 Å². The van der Waals surface area contributed by atoms with Crippen LogP contribution in [0.4, 0.5) is 0 Å². The largest absolute Gasteiger partial charge is 0.466 e. The van der Waals surface area contributed by atoms with Gasteiger partial charge < -0.3 is 24.4 Å². The lowest BCUT2D eigenvalue weighted by molar-refractivity contribution is -0.157. The summed E-state index contributed by atoms with van der Waals surface area (Å²) in [5, 5.41) is 10.4. The number of halogens is 1. The summed E-state index contributed by atoms with van der Waals surface area (Å²) in [5.41, 5.74) is -0.246. The molecule has 8 nitrogen and oxygen atoms in total. The molecule has 0 aromatic heterocycles. The van der Waals surface area contributed by atoms with Gasteiger partial charge in [0.15, 0.2) is 0 Å². The summed E-state index contributed by atoms with van der Waals surface area (Å²) < 4.78 is 11.9. The Morgan fingerprint density at radius 3 is 2.65 bits per heavy atom. The van der Waals surface area contributed by atoms with Crippen LogP contribution < -0.4 is 0 Å². The molecule has 1 aromatic rings. The molecule has 2 bridgehead atoms. The molecule has 1 spiro atoms. The van der Waals surface area contributed by atoms with Crippen LogP contribution >= 0.6 is 15.9 Å². The summed E-state index contributed by atoms with van der Waals surface area (Å²) in [6.07, 6.45) is 2.21. The summed E-state index contributed by atoms with van der Waals surface area (Å²) in [5.74, 6) is -2.81. The van der Waals surface area contributed by atoms with Crippen LogP contribution in [0, 0.1) is 17.8 Å². The van der Waals surface area contributed by atoms with Gasteiger partial charge in [-0.15, -0.1) is 6.58 Å². The summed E-state index contributed by atoms with van der Waals surface area (Å²) in [7, 11) is 0. The number of esters is 1. The summed E-state index contributed by atoms with van der Waals surface area (Å²) in [6, 6.07) is 8.06. The number of hydrogen-bond donors (Lipinski definition) is 1. The van der Waals surface area contributed by atoms with Gasteiger partial charge in [-0.2, -0.15) is 0 Å². The molecule has 37 heavy (non-hydrogen) atoms. The van der Waals surface area contributed by atoms with E-state index in [1.54, 1.807) is 17.9 Å². The Kier molecular flexibility index (Phi) is 8.45. The minimum atomic E-state index is -1.19. The average molecular weight is 578 g/mol. The Hall–Kier alpha value is -2.23. The van der Waals surface area contributed by atoms with E-state index >= 15 is 0 Å². The summed E-state index contributed by atoms with van der Waals surface area (Å²) >= 11 is 3.67. The Balaban J connectivity index is 1.81. The molecule has 8 atom stereocenters. The first-order chi connectivity index (χ1) is 17.7. The van der Waals surface area contributed by atoms with Gasteiger partial charge in [-0.3, -0.25) is 14.4 Å². The van der Waals surface area contributed by atoms with Crippen molar-refractivity contribution < 1.29 is 29.0 Å². The number of benzene rings is 1. The molecule has 202 valence electrons. The molecule has 0 aliphatic carbocycles. The zero-order valence-corrected chi connectivity index (χ0v) is 23.3. The molecule has 3 saturated heterocycles. The third-order valence-electron chi connectivity index (χ3n) is 8.24. The molecule has 3 aliphatic rings. The number of ether oxygens (including phenoxy) is 2. The molecule has 1 unspecified atom stereocenters. The standard InChI is InChI=1S/C28H37BrN2O6/c1-5-13-30(15-18-11-9-8-10-12-18)26(34)24-28-14-19(29)23(37-28)21(27(35)36-7-3)22(28)25(33)31(24)20(16-32)17(4)6-2/h5,8-12,17,19-24,32H,1,6-7,13-16H2,2-4H3/t17-,19?,20-,21+,22-,23+,24+,28-/m0/s1. The van der Waals surface area contributed by atoms with E-state index in [0.717, 1.165) is 5.56 Å². The highest BCUT2D eigenvalue weighted by Crippen LogP contribution is 2.61. The maximum atomic E-state index is 14.5. The number of carbonyl (C=O) groups is 3. The molecule has 9 heteroatoms. The Labute approximate surface area is 227 Å². The normalized spacial score (nSPS) is 31.6. The third-order valence-corrected chi connectivity index (χ3v) is 9.09. The van der Waals surface area contributed by atoms with E-state index in [9.17, 15) is 19.5 Å². The zero-order chi connectivity index (χ0) is 26.9. The van der Waals surface area contributed by atoms with Gasteiger partial charge in [0, 0.05) is 17.9 Å². The Morgan fingerprint density at radius 2 is 2.05 bits per heavy atom. The van der Waals surface area contributed by atoms with Crippen LogP contribution in [-0.4, -0.2) is 81.1 Å². The van der Waals surface area contributed by atoms with Crippen molar-refractivity contribution in [1.29, 1.82) is 0 Å². The van der Waals surface area contributed by atoms with E-state index in [1.807, 2.05) is 44.2 Å². The van der Waals surface area contributed by atoms with Crippen molar-refractivity contribution in [3.63, 3.8) is 0 Å². The van der Waals surface area contributed by atoms with Gasteiger partial charge in [-0.05, 0) is 24.8 Å². The van der Waals surface area contributed by atoms with Crippen molar-refractivity contribution in [1.82, 2.24) is 9.80 Å². The molecular weight excluding hydrogens is 540 g/mol. The van der Waals surface area contributed by atoms with Gasteiger partial charge in [0.1, 0.15) is 11.6 Å². The highest BCUT2D eigenvalue weighted by Gasteiger charge is 2.77. The number of rotatable bonds is 11. The van der Waals surface area contributed by atoms with Gasteiger partial charge in [-0.25, -0.2) is 0 Å². The number of aliphatic hydroxyl groups excluding tert-OH is 1. The molecule has 0 radical (unpaired) electrons. The van der Waals surface area contributed by atoms with E-state index in [0.29, 0.717) is 19.4 Å². The van der Waals surface area contributed by atoms with Crippen LogP contribution in [0.25, 0.3) is 0 Å². The van der Waals surface area contributed by atoms with Crippen molar-refractivity contribution in [2.75, 3.05) is 19.8 Å². The number of aliphatic hydroxyl groups is 1. The molecule has 0 saturated carbocycles. The minimum absolute atomic E-state index is 0.0699. The Morgan fingerprint density at radius 1 is 1.35 bits per heavy atom. The van der Waals surface area contributed by atoms with Crippen molar-refractivity contribution in [2.45, 2.75) is 68.8 Å². The van der Waals surface area contributed by atoms with Gasteiger partial charge in [0.25, 0.3) is 0 Å². The fraction of sp³-hybridized carbons (Fsp3) is 0.607. The van der Waals surface area contributed by atoms with E-state index in [4.69, 9.17) is 9.47 Å². The predicted octanol–water partition coefficient (Wildman–Crippen LogP) is 2.92. The molecule has 3 aliphatic heterocycles. The van der Waals surface area contributed by atoms with Crippen molar-refractivity contribution in [3.8, 4) is 0 Å². The quantitative estimate of drug-likeness (QED) is 0.247. The van der Waals surface area contributed by atoms with Gasteiger partial charge in [-0.1, -0.05) is 72.6 Å². The third kappa shape index (κ3) is 4.63. The first kappa shape index (κ1) is 27.8. The predicted molar refractivity (Wildman–Crippen MR) is 142 cm³/mol.